The molecule has 1 fully saturated rings. The van der Waals surface area contributed by atoms with Crippen LogP contribution in [0.25, 0.3) is 0 Å². The smallest absolute Gasteiger partial charge is 0.253 e. The van der Waals surface area contributed by atoms with Crippen LogP contribution >= 0.6 is 15.9 Å². The molecule has 1 amide bonds. The van der Waals surface area contributed by atoms with Gasteiger partial charge in [0.1, 0.15) is 4.60 Å². The Hall–Kier alpha value is -0.980. The number of halogens is 1. The van der Waals surface area contributed by atoms with E-state index >= 15 is 0 Å². The van der Waals surface area contributed by atoms with E-state index in [1.165, 1.54) is 0 Å². The van der Waals surface area contributed by atoms with Crippen molar-refractivity contribution in [3.8, 4) is 0 Å². The minimum Gasteiger partial charge on any atom is -0.379 e. The minimum atomic E-state index is -0.0826. The first-order valence-electron chi connectivity index (χ1n) is 6.37. The highest BCUT2D eigenvalue weighted by Gasteiger charge is 2.15. The molecule has 2 rings (SSSR count). The second-order valence-electron chi connectivity index (χ2n) is 4.66. The number of carbonyl (C=O) groups excluding carboxylic acids is 1. The van der Waals surface area contributed by atoms with Crippen molar-refractivity contribution in [1.29, 1.82) is 0 Å². The molecule has 0 aliphatic carbocycles. The number of pyridine rings is 1. The lowest BCUT2D eigenvalue weighted by Gasteiger charge is -2.29. The van der Waals surface area contributed by atoms with Gasteiger partial charge in [-0.2, -0.15) is 0 Å². The summed E-state index contributed by atoms with van der Waals surface area (Å²) >= 11 is 3.25. The number of aromatic nitrogens is 1. The summed E-state index contributed by atoms with van der Waals surface area (Å²) in [6.07, 6.45) is 1.57. The molecule has 5 nitrogen and oxygen atoms in total. The Labute approximate surface area is 121 Å². The van der Waals surface area contributed by atoms with Gasteiger partial charge < -0.3 is 10.1 Å². The van der Waals surface area contributed by atoms with E-state index in [4.69, 9.17) is 4.74 Å². The van der Waals surface area contributed by atoms with Crippen molar-refractivity contribution in [2.45, 2.75) is 13.0 Å². The van der Waals surface area contributed by atoms with E-state index in [1.807, 2.05) is 6.92 Å². The lowest BCUT2D eigenvalue weighted by Crippen LogP contribution is -2.46. The summed E-state index contributed by atoms with van der Waals surface area (Å²) in [6, 6.07) is 3.63. The van der Waals surface area contributed by atoms with Gasteiger partial charge in [-0.15, -0.1) is 0 Å². The summed E-state index contributed by atoms with van der Waals surface area (Å²) in [7, 11) is 0. The number of nitrogens with one attached hydrogen (secondary N) is 1. The number of amides is 1. The van der Waals surface area contributed by atoms with Gasteiger partial charge in [-0.1, -0.05) is 0 Å². The van der Waals surface area contributed by atoms with Crippen LogP contribution in [0, 0.1) is 0 Å². The molecule has 0 spiro atoms. The van der Waals surface area contributed by atoms with Crippen LogP contribution in [0.4, 0.5) is 0 Å². The molecule has 0 aromatic carbocycles. The molecule has 1 unspecified atom stereocenters. The van der Waals surface area contributed by atoms with E-state index in [9.17, 15) is 4.79 Å². The maximum absolute atomic E-state index is 12.0. The van der Waals surface area contributed by atoms with Crippen LogP contribution in [0.1, 0.15) is 17.3 Å². The Morgan fingerprint density at radius 3 is 2.89 bits per heavy atom. The zero-order valence-electron chi connectivity index (χ0n) is 10.9. The molecule has 1 N–H and O–H groups in total. The number of rotatable bonds is 4. The lowest BCUT2D eigenvalue weighted by atomic mass is 10.2. The summed E-state index contributed by atoms with van der Waals surface area (Å²) < 4.78 is 6.03. The highest BCUT2D eigenvalue weighted by molar-refractivity contribution is 9.10. The first kappa shape index (κ1) is 14.4. The van der Waals surface area contributed by atoms with E-state index in [1.54, 1.807) is 18.3 Å². The third-order valence-electron chi connectivity index (χ3n) is 3.00. The Balaban J connectivity index is 1.82. The molecule has 0 saturated carbocycles. The fourth-order valence-corrected chi connectivity index (χ4v) is 2.27. The van der Waals surface area contributed by atoms with Crippen LogP contribution in [-0.4, -0.2) is 54.7 Å². The molecule has 2 heterocycles. The molecule has 1 atom stereocenters. The zero-order chi connectivity index (χ0) is 13.7. The predicted molar refractivity (Wildman–Crippen MR) is 76.1 cm³/mol. The van der Waals surface area contributed by atoms with Crippen LogP contribution in [-0.2, 0) is 4.74 Å². The Morgan fingerprint density at radius 1 is 1.53 bits per heavy atom. The summed E-state index contributed by atoms with van der Waals surface area (Å²) in [5.41, 5.74) is 0.581. The molecule has 1 aliphatic rings. The first-order valence-corrected chi connectivity index (χ1v) is 7.17. The third kappa shape index (κ3) is 4.56. The fraction of sp³-hybridized carbons (Fsp3) is 0.538. The number of hydrogen-bond donors (Lipinski definition) is 1. The third-order valence-corrected chi connectivity index (χ3v) is 3.47. The summed E-state index contributed by atoms with van der Waals surface area (Å²) in [6.45, 7) is 6.27. The Morgan fingerprint density at radius 2 is 2.26 bits per heavy atom. The highest BCUT2D eigenvalue weighted by Crippen LogP contribution is 2.06. The number of nitrogens with zero attached hydrogens (tertiary/aromatic N) is 2. The Kier molecular flexibility index (Phi) is 5.30. The SMILES string of the molecule is CC(CN1CCOCC1)NC(=O)c1ccc(Br)nc1. The van der Waals surface area contributed by atoms with Gasteiger partial charge in [-0.25, -0.2) is 4.98 Å². The number of ether oxygens (including phenoxy) is 1. The second-order valence-corrected chi connectivity index (χ2v) is 5.47. The van der Waals surface area contributed by atoms with Crippen molar-refractivity contribution in [3.05, 3.63) is 28.5 Å². The lowest BCUT2D eigenvalue weighted by molar-refractivity contribution is 0.0342. The van der Waals surface area contributed by atoms with Crippen LogP contribution in [0.15, 0.2) is 22.9 Å². The van der Waals surface area contributed by atoms with E-state index in [0.29, 0.717) is 5.56 Å². The molecule has 104 valence electrons. The van der Waals surface area contributed by atoms with Crippen molar-refractivity contribution in [2.75, 3.05) is 32.8 Å². The number of hydrogen-bond acceptors (Lipinski definition) is 4. The summed E-state index contributed by atoms with van der Waals surface area (Å²) in [4.78, 5) is 18.4. The molecule has 6 heteroatoms. The van der Waals surface area contributed by atoms with Crippen molar-refractivity contribution >= 4 is 21.8 Å². The van der Waals surface area contributed by atoms with Crippen LogP contribution in [0.3, 0.4) is 0 Å². The normalized spacial score (nSPS) is 18.0. The largest absolute Gasteiger partial charge is 0.379 e. The molecule has 1 aromatic heterocycles. The van der Waals surface area contributed by atoms with Gasteiger partial charge in [0.2, 0.25) is 0 Å². The van der Waals surface area contributed by atoms with Crippen molar-refractivity contribution < 1.29 is 9.53 Å². The van der Waals surface area contributed by atoms with Gasteiger partial charge in [-0.3, -0.25) is 9.69 Å². The first-order chi connectivity index (χ1) is 9.15. The average Bonchev–Trinajstić information content (AvgIpc) is 2.40. The second kappa shape index (κ2) is 6.98. The fourth-order valence-electron chi connectivity index (χ4n) is 2.03. The van der Waals surface area contributed by atoms with Gasteiger partial charge in [0, 0.05) is 31.9 Å². The van der Waals surface area contributed by atoms with E-state index < -0.39 is 0 Å². The topological polar surface area (TPSA) is 54.5 Å². The van der Waals surface area contributed by atoms with Gasteiger partial charge >= 0.3 is 0 Å². The molecule has 0 bridgehead atoms. The quantitative estimate of drug-likeness (QED) is 0.847. The molecule has 1 saturated heterocycles. The molecule has 0 radical (unpaired) electrons. The zero-order valence-corrected chi connectivity index (χ0v) is 12.5. The van der Waals surface area contributed by atoms with Gasteiger partial charge in [0.25, 0.3) is 5.91 Å². The molecule has 1 aromatic rings. The van der Waals surface area contributed by atoms with Crippen LogP contribution < -0.4 is 5.32 Å². The molecule has 19 heavy (non-hydrogen) atoms. The predicted octanol–water partition coefficient (Wildman–Crippen LogP) is 1.29. The van der Waals surface area contributed by atoms with Crippen LogP contribution in [0.5, 0.6) is 0 Å². The minimum absolute atomic E-state index is 0.0826. The van der Waals surface area contributed by atoms with Gasteiger partial charge in [0.05, 0.1) is 18.8 Å². The molecular formula is C13H18BrN3O2. The van der Waals surface area contributed by atoms with E-state index in [-0.39, 0.29) is 11.9 Å². The molecule has 1 aliphatic heterocycles. The van der Waals surface area contributed by atoms with Crippen LogP contribution in [0.2, 0.25) is 0 Å². The van der Waals surface area contributed by atoms with Gasteiger partial charge in [-0.05, 0) is 35.0 Å². The number of morpholine rings is 1. The van der Waals surface area contributed by atoms with Gasteiger partial charge in [0.15, 0.2) is 0 Å². The van der Waals surface area contributed by atoms with Crippen molar-refractivity contribution in [1.82, 2.24) is 15.2 Å². The van der Waals surface area contributed by atoms with E-state index in [0.717, 1.165) is 37.5 Å². The maximum atomic E-state index is 12.0. The molecular weight excluding hydrogens is 310 g/mol. The highest BCUT2D eigenvalue weighted by atomic mass is 79.9. The number of carbonyl (C=O) groups is 1. The van der Waals surface area contributed by atoms with E-state index in [2.05, 4.69) is 31.1 Å². The van der Waals surface area contributed by atoms with Crippen molar-refractivity contribution in [3.63, 3.8) is 0 Å². The monoisotopic (exact) mass is 327 g/mol. The Bertz CT molecular complexity index is 418. The summed E-state index contributed by atoms with van der Waals surface area (Å²) in [5, 5.41) is 2.99. The summed E-state index contributed by atoms with van der Waals surface area (Å²) in [5.74, 6) is -0.0826. The standard InChI is InChI=1S/C13H18BrN3O2/c1-10(9-17-4-6-19-7-5-17)16-13(18)11-2-3-12(14)15-8-11/h2-3,8,10H,4-7,9H2,1H3,(H,16,18). The average molecular weight is 328 g/mol. The maximum Gasteiger partial charge on any atom is 0.253 e. The van der Waals surface area contributed by atoms with Crippen molar-refractivity contribution in [2.24, 2.45) is 0 Å².